The van der Waals surface area contributed by atoms with Crippen LogP contribution >= 0.6 is 11.6 Å². The van der Waals surface area contributed by atoms with E-state index >= 15 is 0 Å². The Balaban J connectivity index is 1.90. The van der Waals surface area contributed by atoms with Crippen LogP contribution < -0.4 is 26.5 Å². The maximum Gasteiger partial charge on any atom is 0.294 e. The second-order valence-corrected chi connectivity index (χ2v) is 6.54. The number of halogens is 1. The molecule has 0 unspecified atom stereocenters. The van der Waals surface area contributed by atoms with E-state index in [2.05, 4.69) is 15.3 Å². The van der Waals surface area contributed by atoms with Crippen molar-refractivity contribution in [1.82, 2.24) is 9.78 Å². The van der Waals surface area contributed by atoms with Crippen molar-refractivity contribution in [2.75, 3.05) is 7.11 Å². The van der Waals surface area contributed by atoms with Crippen LogP contribution in [0.3, 0.4) is 0 Å². The van der Waals surface area contributed by atoms with Crippen LogP contribution in [0.1, 0.15) is 11.1 Å². The standard InChI is InChI=1S/C20H19ClN6O3/c1-12-3-6-14(7-4-12)27-19(28)18(21)17(11-25-27)30-15-8-5-13(9-16(15)29-2)10-24-26-20(22)23/h3-11H,1-2H3,(H4,22,23,26). The van der Waals surface area contributed by atoms with Crippen molar-refractivity contribution < 1.29 is 9.47 Å². The quantitative estimate of drug-likeness (QED) is 0.354. The number of nitrogens with zero attached hydrogens (tertiary/aromatic N) is 4. The highest BCUT2D eigenvalue weighted by atomic mass is 35.5. The number of aromatic nitrogens is 2. The summed E-state index contributed by atoms with van der Waals surface area (Å²) in [6.07, 6.45) is 2.82. The summed E-state index contributed by atoms with van der Waals surface area (Å²) in [6.45, 7) is 1.95. The Morgan fingerprint density at radius 2 is 1.87 bits per heavy atom. The number of guanidine groups is 1. The molecule has 3 rings (SSSR count). The van der Waals surface area contributed by atoms with E-state index in [1.54, 1.807) is 30.3 Å². The molecule has 0 spiro atoms. The van der Waals surface area contributed by atoms with E-state index in [-0.39, 0.29) is 16.7 Å². The van der Waals surface area contributed by atoms with Crippen molar-refractivity contribution in [1.29, 1.82) is 0 Å². The minimum Gasteiger partial charge on any atom is -0.493 e. The van der Waals surface area contributed by atoms with Gasteiger partial charge in [0.1, 0.15) is 0 Å². The highest BCUT2D eigenvalue weighted by Gasteiger charge is 2.15. The molecule has 9 nitrogen and oxygen atoms in total. The fourth-order valence-electron chi connectivity index (χ4n) is 2.49. The predicted octanol–water partition coefficient (Wildman–Crippen LogP) is 2.60. The van der Waals surface area contributed by atoms with E-state index in [9.17, 15) is 4.79 Å². The third kappa shape index (κ3) is 4.76. The number of rotatable bonds is 6. The molecule has 1 heterocycles. The molecule has 0 aliphatic rings. The summed E-state index contributed by atoms with van der Waals surface area (Å²) in [5, 5.41) is 11.3. The third-order valence-corrected chi connectivity index (χ3v) is 4.30. The number of ether oxygens (including phenoxy) is 2. The van der Waals surface area contributed by atoms with Crippen molar-refractivity contribution >= 4 is 23.8 Å². The Morgan fingerprint density at radius 3 is 2.53 bits per heavy atom. The largest absolute Gasteiger partial charge is 0.493 e. The molecule has 0 aliphatic heterocycles. The van der Waals surface area contributed by atoms with Gasteiger partial charge in [-0.25, -0.2) is 0 Å². The molecular formula is C20H19ClN6O3. The van der Waals surface area contributed by atoms with Gasteiger partial charge in [0.25, 0.3) is 5.56 Å². The van der Waals surface area contributed by atoms with Crippen molar-refractivity contribution in [3.05, 3.63) is 75.2 Å². The smallest absolute Gasteiger partial charge is 0.294 e. The Hall–Kier alpha value is -3.85. The highest BCUT2D eigenvalue weighted by molar-refractivity contribution is 6.31. The summed E-state index contributed by atoms with van der Waals surface area (Å²) >= 11 is 6.26. The van der Waals surface area contributed by atoms with Crippen LogP contribution in [0.5, 0.6) is 17.2 Å². The van der Waals surface area contributed by atoms with E-state index in [1.807, 2.05) is 19.1 Å². The second kappa shape index (κ2) is 9.10. The molecule has 2 aromatic carbocycles. The normalized spacial score (nSPS) is 10.8. The monoisotopic (exact) mass is 426 g/mol. The zero-order valence-corrected chi connectivity index (χ0v) is 17.0. The third-order valence-electron chi connectivity index (χ3n) is 3.95. The molecule has 0 amide bonds. The van der Waals surface area contributed by atoms with Crippen LogP contribution in [-0.4, -0.2) is 29.1 Å². The van der Waals surface area contributed by atoms with Gasteiger partial charge in [-0.05, 0) is 42.8 Å². The van der Waals surface area contributed by atoms with Crippen molar-refractivity contribution in [2.24, 2.45) is 21.7 Å². The molecule has 0 saturated carbocycles. The van der Waals surface area contributed by atoms with Gasteiger partial charge in [0.05, 0.1) is 25.2 Å². The zero-order chi connectivity index (χ0) is 21.7. The molecule has 30 heavy (non-hydrogen) atoms. The van der Waals surface area contributed by atoms with Crippen molar-refractivity contribution in [3.63, 3.8) is 0 Å². The van der Waals surface area contributed by atoms with Crippen LogP contribution in [0.25, 0.3) is 5.69 Å². The Morgan fingerprint density at radius 1 is 1.13 bits per heavy atom. The first kappa shape index (κ1) is 20.9. The first-order valence-corrected chi connectivity index (χ1v) is 9.09. The minimum atomic E-state index is -0.502. The lowest BCUT2D eigenvalue weighted by molar-refractivity contribution is 0.377. The fourth-order valence-corrected chi connectivity index (χ4v) is 2.66. The van der Waals surface area contributed by atoms with Gasteiger partial charge in [0, 0.05) is 0 Å². The summed E-state index contributed by atoms with van der Waals surface area (Å²) in [4.78, 5) is 12.7. The first-order valence-electron chi connectivity index (χ1n) is 8.72. The van der Waals surface area contributed by atoms with Crippen LogP contribution in [0.4, 0.5) is 0 Å². The molecule has 3 aromatic rings. The van der Waals surface area contributed by atoms with E-state index in [1.165, 1.54) is 24.2 Å². The summed E-state index contributed by atoms with van der Waals surface area (Å²) in [5.41, 5.74) is 12.3. The van der Waals surface area contributed by atoms with E-state index in [0.717, 1.165) is 5.56 Å². The average molecular weight is 427 g/mol. The number of benzene rings is 2. The Kier molecular flexibility index (Phi) is 6.33. The van der Waals surface area contributed by atoms with E-state index < -0.39 is 5.56 Å². The van der Waals surface area contributed by atoms with Gasteiger partial charge in [-0.15, -0.1) is 5.10 Å². The zero-order valence-electron chi connectivity index (χ0n) is 16.2. The second-order valence-electron chi connectivity index (χ2n) is 6.16. The molecule has 1 aromatic heterocycles. The van der Waals surface area contributed by atoms with Gasteiger partial charge in [-0.3, -0.25) is 4.79 Å². The number of nitrogens with two attached hydrogens (primary N) is 2. The summed E-state index contributed by atoms with van der Waals surface area (Å²) in [5.74, 6) is 0.682. The van der Waals surface area contributed by atoms with Crippen LogP contribution in [0, 0.1) is 6.92 Å². The molecule has 0 fully saturated rings. The van der Waals surface area contributed by atoms with E-state index in [0.29, 0.717) is 22.7 Å². The lowest BCUT2D eigenvalue weighted by Crippen LogP contribution is -2.21. The lowest BCUT2D eigenvalue weighted by Gasteiger charge is -2.12. The maximum atomic E-state index is 12.7. The maximum absolute atomic E-state index is 12.7. The summed E-state index contributed by atoms with van der Waals surface area (Å²) in [7, 11) is 1.48. The molecular weight excluding hydrogens is 408 g/mol. The average Bonchev–Trinajstić information content (AvgIpc) is 2.73. The molecule has 10 heteroatoms. The van der Waals surface area contributed by atoms with Crippen LogP contribution in [0.15, 0.2) is 63.7 Å². The molecule has 0 bridgehead atoms. The topological polar surface area (TPSA) is 130 Å². The molecule has 0 saturated heterocycles. The number of methoxy groups -OCH3 is 1. The van der Waals surface area contributed by atoms with Crippen molar-refractivity contribution in [2.45, 2.75) is 6.92 Å². The molecule has 0 aliphatic carbocycles. The van der Waals surface area contributed by atoms with E-state index in [4.69, 9.17) is 32.5 Å². The first-order chi connectivity index (χ1) is 14.4. The summed E-state index contributed by atoms with van der Waals surface area (Å²) < 4.78 is 12.3. The van der Waals surface area contributed by atoms with Crippen LogP contribution in [0.2, 0.25) is 5.02 Å². The lowest BCUT2D eigenvalue weighted by atomic mass is 10.2. The van der Waals surface area contributed by atoms with Gasteiger partial charge in [0.2, 0.25) is 5.96 Å². The van der Waals surface area contributed by atoms with Gasteiger partial charge < -0.3 is 20.9 Å². The molecule has 0 atom stereocenters. The number of hydrogen-bond acceptors (Lipinski definition) is 6. The molecule has 154 valence electrons. The van der Waals surface area contributed by atoms with Gasteiger partial charge in [0.15, 0.2) is 22.3 Å². The minimum absolute atomic E-state index is 0.102. The summed E-state index contributed by atoms with van der Waals surface area (Å²) in [6, 6.07) is 12.3. The highest BCUT2D eigenvalue weighted by Crippen LogP contribution is 2.34. The van der Waals surface area contributed by atoms with Gasteiger partial charge in [-0.2, -0.15) is 14.9 Å². The SMILES string of the molecule is COc1cc(C=NN=C(N)N)ccc1Oc1cnn(-c2ccc(C)cc2)c(=O)c1Cl. The fraction of sp³-hybridized carbons (Fsp3) is 0.100. The Bertz CT molecular complexity index is 1170. The Labute approximate surface area is 177 Å². The molecule has 4 N–H and O–H groups in total. The predicted molar refractivity (Wildman–Crippen MR) is 116 cm³/mol. The molecule has 0 radical (unpaired) electrons. The number of hydrogen-bond donors (Lipinski definition) is 2. The van der Waals surface area contributed by atoms with Gasteiger partial charge >= 0.3 is 0 Å². The number of aryl methyl sites for hydroxylation is 1. The van der Waals surface area contributed by atoms with Crippen LogP contribution in [-0.2, 0) is 0 Å². The van der Waals surface area contributed by atoms with Crippen molar-refractivity contribution in [3.8, 4) is 22.9 Å². The van der Waals surface area contributed by atoms with Gasteiger partial charge in [-0.1, -0.05) is 29.3 Å².